The van der Waals surface area contributed by atoms with Crippen LogP contribution in [-0.4, -0.2) is 17.6 Å². The molecular weight excluding hydrogens is 204 g/mol. The number of anilines is 1. The predicted octanol–water partition coefficient (Wildman–Crippen LogP) is 1.71. The number of amides is 1. The summed E-state index contributed by atoms with van der Waals surface area (Å²) in [4.78, 5) is 11.8. The van der Waals surface area contributed by atoms with E-state index in [1.54, 1.807) is 18.2 Å². The van der Waals surface area contributed by atoms with Crippen LogP contribution in [0, 0.1) is 5.92 Å². The van der Waals surface area contributed by atoms with Crippen molar-refractivity contribution < 1.29 is 9.90 Å². The maximum Gasteiger partial charge on any atom is 0.228 e. The van der Waals surface area contributed by atoms with Gasteiger partial charge in [0.25, 0.3) is 0 Å². The van der Waals surface area contributed by atoms with Crippen molar-refractivity contribution in [2.45, 2.75) is 19.8 Å². The lowest BCUT2D eigenvalue weighted by molar-refractivity contribution is -0.119. The predicted molar refractivity (Wildman–Crippen MR) is 64.2 cm³/mol. The molecule has 0 aliphatic carbocycles. The molecule has 4 N–H and O–H groups in total. The van der Waals surface area contributed by atoms with E-state index in [0.29, 0.717) is 12.2 Å². The Bertz CT molecular complexity index is 353. The summed E-state index contributed by atoms with van der Waals surface area (Å²) in [7, 11) is 0. The highest BCUT2D eigenvalue weighted by molar-refractivity contribution is 5.92. The fourth-order valence-corrected chi connectivity index (χ4v) is 1.53. The summed E-state index contributed by atoms with van der Waals surface area (Å²) in [5.74, 6) is -0.111. The number of phenols is 1. The van der Waals surface area contributed by atoms with Crippen LogP contribution in [0.4, 0.5) is 5.69 Å². The number of nitrogens with one attached hydrogen (secondary N) is 1. The van der Waals surface area contributed by atoms with E-state index < -0.39 is 0 Å². The molecule has 1 aromatic carbocycles. The summed E-state index contributed by atoms with van der Waals surface area (Å²) in [6, 6.07) is 6.49. The molecule has 1 rings (SSSR count). The fourth-order valence-electron chi connectivity index (χ4n) is 1.53. The zero-order valence-electron chi connectivity index (χ0n) is 9.44. The standard InChI is InChI=1S/C12H18N2O2/c1-2-4-9(8-13)12(16)14-10-5-3-6-11(15)7-10/h3,5-7,9,15H,2,4,8,13H2,1H3,(H,14,16). The molecule has 0 spiro atoms. The van der Waals surface area contributed by atoms with Crippen molar-refractivity contribution in [1.82, 2.24) is 0 Å². The SMILES string of the molecule is CCCC(CN)C(=O)Nc1cccc(O)c1. The molecule has 0 saturated carbocycles. The van der Waals surface area contributed by atoms with E-state index in [4.69, 9.17) is 5.73 Å². The maximum atomic E-state index is 11.8. The first kappa shape index (κ1) is 12.5. The van der Waals surface area contributed by atoms with E-state index in [0.717, 1.165) is 12.8 Å². The molecule has 88 valence electrons. The highest BCUT2D eigenvalue weighted by Gasteiger charge is 2.15. The normalized spacial score (nSPS) is 12.1. The summed E-state index contributed by atoms with van der Waals surface area (Å²) in [5, 5.41) is 12.0. The van der Waals surface area contributed by atoms with Gasteiger partial charge in [-0.15, -0.1) is 0 Å². The van der Waals surface area contributed by atoms with E-state index in [9.17, 15) is 9.90 Å². The Morgan fingerprint density at radius 3 is 2.88 bits per heavy atom. The molecule has 16 heavy (non-hydrogen) atoms. The fraction of sp³-hybridized carbons (Fsp3) is 0.417. The Balaban J connectivity index is 2.62. The van der Waals surface area contributed by atoms with Crippen LogP contribution in [0.1, 0.15) is 19.8 Å². The minimum Gasteiger partial charge on any atom is -0.508 e. The topological polar surface area (TPSA) is 75.4 Å². The van der Waals surface area contributed by atoms with Crippen molar-refractivity contribution in [3.8, 4) is 5.75 Å². The van der Waals surface area contributed by atoms with Gasteiger partial charge in [0.05, 0.1) is 5.92 Å². The monoisotopic (exact) mass is 222 g/mol. The maximum absolute atomic E-state index is 11.8. The Kier molecular flexibility index (Phi) is 4.79. The quantitative estimate of drug-likeness (QED) is 0.709. The number of benzene rings is 1. The Labute approximate surface area is 95.5 Å². The third kappa shape index (κ3) is 3.55. The van der Waals surface area contributed by atoms with E-state index >= 15 is 0 Å². The highest BCUT2D eigenvalue weighted by atomic mass is 16.3. The van der Waals surface area contributed by atoms with Crippen molar-refractivity contribution in [2.75, 3.05) is 11.9 Å². The van der Waals surface area contributed by atoms with Gasteiger partial charge < -0.3 is 16.2 Å². The van der Waals surface area contributed by atoms with Crippen LogP contribution in [0.25, 0.3) is 0 Å². The van der Waals surface area contributed by atoms with Crippen molar-refractivity contribution in [2.24, 2.45) is 11.7 Å². The van der Waals surface area contributed by atoms with E-state index in [1.165, 1.54) is 6.07 Å². The van der Waals surface area contributed by atoms with Gasteiger partial charge in [0, 0.05) is 18.3 Å². The van der Waals surface area contributed by atoms with E-state index in [-0.39, 0.29) is 17.6 Å². The van der Waals surface area contributed by atoms with E-state index in [2.05, 4.69) is 5.32 Å². The molecule has 4 heteroatoms. The van der Waals surface area contributed by atoms with Gasteiger partial charge in [-0.1, -0.05) is 19.4 Å². The summed E-state index contributed by atoms with van der Waals surface area (Å²) in [5.41, 5.74) is 6.13. The molecule has 1 atom stereocenters. The molecule has 4 nitrogen and oxygen atoms in total. The first-order chi connectivity index (χ1) is 7.67. The van der Waals surface area contributed by atoms with E-state index in [1.807, 2.05) is 6.92 Å². The van der Waals surface area contributed by atoms with Gasteiger partial charge in [-0.25, -0.2) is 0 Å². The largest absolute Gasteiger partial charge is 0.508 e. The second-order valence-corrected chi connectivity index (χ2v) is 3.76. The Morgan fingerprint density at radius 1 is 1.56 bits per heavy atom. The number of phenolic OH excluding ortho intramolecular Hbond substituents is 1. The molecule has 0 aromatic heterocycles. The van der Waals surface area contributed by atoms with Gasteiger partial charge in [0.15, 0.2) is 0 Å². The number of hydrogen-bond donors (Lipinski definition) is 3. The van der Waals surface area contributed by atoms with Crippen LogP contribution in [0.5, 0.6) is 5.75 Å². The van der Waals surface area contributed by atoms with Crippen molar-refractivity contribution in [3.63, 3.8) is 0 Å². The molecule has 0 aliphatic rings. The lowest BCUT2D eigenvalue weighted by Gasteiger charge is -2.13. The van der Waals surface area contributed by atoms with Crippen molar-refractivity contribution in [1.29, 1.82) is 0 Å². The number of rotatable bonds is 5. The average Bonchev–Trinajstić information content (AvgIpc) is 2.25. The van der Waals surface area contributed by atoms with Crippen LogP contribution in [0.3, 0.4) is 0 Å². The Hall–Kier alpha value is -1.55. The third-order valence-corrected chi connectivity index (χ3v) is 2.41. The number of nitrogens with two attached hydrogens (primary N) is 1. The highest BCUT2D eigenvalue weighted by Crippen LogP contribution is 2.16. The number of hydrogen-bond acceptors (Lipinski definition) is 3. The van der Waals surface area contributed by atoms with Gasteiger partial charge >= 0.3 is 0 Å². The molecule has 0 aliphatic heterocycles. The Morgan fingerprint density at radius 2 is 2.31 bits per heavy atom. The van der Waals surface area contributed by atoms with Crippen LogP contribution in [0.15, 0.2) is 24.3 Å². The zero-order chi connectivity index (χ0) is 12.0. The lowest BCUT2D eigenvalue weighted by atomic mass is 10.0. The molecule has 1 amide bonds. The molecule has 0 saturated heterocycles. The average molecular weight is 222 g/mol. The molecule has 0 heterocycles. The summed E-state index contributed by atoms with van der Waals surface area (Å²) < 4.78 is 0. The molecule has 0 bridgehead atoms. The number of carbonyl (C=O) groups is 1. The van der Waals surface area contributed by atoms with Gasteiger partial charge in [0.1, 0.15) is 5.75 Å². The summed E-state index contributed by atoms with van der Waals surface area (Å²) >= 11 is 0. The minimum absolute atomic E-state index is 0.0880. The van der Waals surface area contributed by atoms with Gasteiger partial charge in [-0.05, 0) is 18.6 Å². The van der Waals surface area contributed by atoms with Crippen LogP contribution < -0.4 is 11.1 Å². The van der Waals surface area contributed by atoms with Gasteiger partial charge in [0.2, 0.25) is 5.91 Å². The van der Waals surface area contributed by atoms with Crippen molar-refractivity contribution >= 4 is 11.6 Å². The molecular formula is C12H18N2O2. The van der Waals surface area contributed by atoms with Crippen LogP contribution in [-0.2, 0) is 4.79 Å². The first-order valence-corrected chi connectivity index (χ1v) is 5.47. The van der Waals surface area contributed by atoms with Crippen LogP contribution >= 0.6 is 0 Å². The molecule has 0 fully saturated rings. The van der Waals surface area contributed by atoms with Crippen molar-refractivity contribution in [3.05, 3.63) is 24.3 Å². The molecule has 1 unspecified atom stereocenters. The molecule has 1 aromatic rings. The number of carbonyl (C=O) groups excluding carboxylic acids is 1. The second kappa shape index (κ2) is 6.12. The second-order valence-electron chi connectivity index (χ2n) is 3.76. The third-order valence-electron chi connectivity index (χ3n) is 2.41. The smallest absolute Gasteiger partial charge is 0.228 e. The van der Waals surface area contributed by atoms with Crippen LogP contribution in [0.2, 0.25) is 0 Å². The zero-order valence-corrected chi connectivity index (χ0v) is 9.44. The lowest BCUT2D eigenvalue weighted by Crippen LogP contribution is -2.29. The van der Waals surface area contributed by atoms with Gasteiger partial charge in [-0.3, -0.25) is 4.79 Å². The number of aromatic hydroxyl groups is 1. The molecule has 0 radical (unpaired) electrons. The first-order valence-electron chi connectivity index (χ1n) is 5.47. The summed E-state index contributed by atoms with van der Waals surface area (Å²) in [6.07, 6.45) is 1.70. The summed E-state index contributed by atoms with van der Waals surface area (Å²) in [6.45, 7) is 2.36. The van der Waals surface area contributed by atoms with Gasteiger partial charge in [-0.2, -0.15) is 0 Å². The minimum atomic E-state index is -0.160.